The van der Waals surface area contributed by atoms with Crippen LogP contribution in [0.5, 0.6) is 0 Å². The lowest BCUT2D eigenvalue weighted by Gasteiger charge is -2.43. The van der Waals surface area contributed by atoms with E-state index in [0.29, 0.717) is 0 Å². The van der Waals surface area contributed by atoms with Gasteiger partial charge in [-0.05, 0) is 53.7 Å². The molecule has 0 saturated carbocycles. The average Bonchev–Trinajstić information content (AvgIpc) is 3.17. The number of hydrogen-bond donors (Lipinski definition) is 2. The van der Waals surface area contributed by atoms with E-state index in [1.165, 1.54) is 77.0 Å². The minimum absolute atomic E-state index is 0.0102. The maximum atomic E-state index is 12.2. The molecule has 0 spiro atoms. The Kier molecular flexibility index (Phi) is 18.9. The Morgan fingerprint density at radius 1 is 0.755 bits per heavy atom. The zero-order valence-electron chi connectivity index (χ0n) is 32.0. The minimum Gasteiger partial charge on any atom is -0.392 e. The number of halogens is 3. The van der Waals surface area contributed by atoms with E-state index in [9.17, 15) is 9.90 Å². The van der Waals surface area contributed by atoms with Gasteiger partial charge in [-0.15, -0.1) is 0 Å². The van der Waals surface area contributed by atoms with E-state index in [2.05, 4.69) is 67.4 Å². The molecule has 0 unspecified atom stereocenters. The standard InChI is InChI=1S/C44H61Cl3N2O4/c1-4-6-8-10-12-16-28-49(29-17-13-11-9-7-5-2)31-40-33(3)41(36-22-20-34(32-50)21-23-36)53-42(52-40)37-26-24-35(25-27-37)39-19-15-14-18-38(39)30-48-43(51)44(45,46)47/h14-15,18-27,33,40-42,50H,4-13,16-17,28-32H2,1-3H3,(H,48,51)/t33-,40+,41+,42+/m1/s1. The van der Waals surface area contributed by atoms with Crippen molar-refractivity contribution in [1.82, 2.24) is 10.2 Å². The van der Waals surface area contributed by atoms with Gasteiger partial charge in [-0.25, -0.2) is 0 Å². The van der Waals surface area contributed by atoms with E-state index in [0.717, 1.165) is 53.0 Å². The molecule has 1 saturated heterocycles. The van der Waals surface area contributed by atoms with Crippen LogP contribution in [0.15, 0.2) is 72.8 Å². The van der Waals surface area contributed by atoms with Crippen molar-refractivity contribution in [1.29, 1.82) is 0 Å². The molecule has 53 heavy (non-hydrogen) atoms. The van der Waals surface area contributed by atoms with Gasteiger partial charge in [0.15, 0.2) is 6.29 Å². The molecule has 3 aromatic rings. The fraction of sp³-hybridized carbons (Fsp3) is 0.568. The number of aliphatic hydroxyl groups is 1. The number of unbranched alkanes of at least 4 members (excludes halogenated alkanes) is 10. The van der Waals surface area contributed by atoms with Crippen molar-refractivity contribution in [2.75, 3.05) is 19.6 Å². The number of alkyl halides is 3. The fourth-order valence-electron chi connectivity index (χ4n) is 7.16. The third kappa shape index (κ3) is 14.1. The summed E-state index contributed by atoms with van der Waals surface area (Å²) in [5, 5.41) is 12.4. The number of ether oxygens (including phenoxy) is 2. The van der Waals surface area contributed by atoms with Crippen molar-refractivity contribution >= 4 is 40.7 Å². The van der Waals surface area contributed by atoms with Gasteiger partial charge in [0.2, 0.25) is 0 Å². The van der Waals surface area contributed by atoms with E-state index >= 15 is 0 Å². The highest BCUT2D eigenvalue weighted by Crippen LogP contribution is 2.42. The lowest BCUT2D eigenvalue weighted by Crippen LogP contribution is -2.45. The van der Waals surface area contributed by atoms with Crippen LogP contribution >= 0.6 is 34.8 Å². The van der Waals surface area contributed by atoms with Crippen LogP contribution in [0.4, 0.5) is 0 Å². The lowest BCUT2D eigenvalue weighted by atomic mass is 9.89. The van der Waals surface area contributed by atoms with Crippen LogP contribution in [0.3, 0.4) is 0 Å². The quantitative estimate of drug-likeness (QED) is 0.0784. The van der Waals surface area contributed by atoms with Crippen LogP contribution in [0.1, 0.15) is 132 Å². The monoisotopic (exact) mass is 786 g/mol. The number of amides is 1. The molecule has 6 nitrogen and oxygen atoms in total. The Labute approximate surface area is 333 Å². The Balaban J connectivity index is 1.53. The second-order valence-electron chi connectivity index (χ2n) is 14.6. The van der Waals surface area contributed by atoms with E-state index < -0.39 is 16.0 Å². The van der Waals surface area contributed by atoms with Gasteiger partial charge in [-0.1, -0.05) is 193 Å². The first-order valence-electron chi connectivity index (χ1n) is 19.9. The summed E-state index contributed by atoms with van der Waals surface area (Å²) in [5.74, 6) is -0.544. The van der Waals surface area contributed by atoms with Crippen LogP contribution in [0, 0.1) is 5.92 Å². The van der Waals surface area contributed by atoms with Crippen LogP contribution in [-0.4, -0.2) is 45.4 Å². The molecule has 3 aromatic carbocycles. The second kappa shape index (κ2) is 23.0. The smallest absolute Gasteiger partial charge is 0.272 e. The molecule has 0 aliphatic carbocycles. The minimum atomic E-state index is -2.02. The van der Waals surface area contributed by atoms with Gasteiger partial charge >= 0.3 is 0 Å². The number of carbonyl (C=O) groups is 1. The van der Waals surface area contributed by atoms with E-state index in [4.69, 9.17) is 44.3 Å². The number of hydrogen-bond acceptors (Lipinski definition) is 5. The maximum absolute atomic E-state index is 12.2. The van der Waals surface area contributed by atoms with Gasteiger partial charge in [0.1, 0.15) is 0 Å². The van der Waals surface area contributed by atoms with Crippen molar-refractivity contribution in [3.8, 4) is 11.1 Å². The lowest BCUT2D eigenvalue weighted by molar-refractivity contribution is -0.276. The Morgan fingerprint density at radius 2 is 1.32 bits per heavy atom. The summed E-state index contributed by atoms with van der Waals surface area (Å²) in [6, 6.07) is 24.3. The van der Waals surface area contributed by atoms with Crippen molar-refractivity contribution in [2.24, 2.45) is 5.92 Å². The molecule has 292 valence electrons. The molecule has 0 bridgehead atoms. The molecule has 4 rings (SSSR count). The molecule has 9 heteroatoms. The zero-order valence-corrected chi connectivity index (χ0v) is 34.3. The SMILES string of the molecule is CCCCCCCCN(CCCCCCCC)C[C@@H]1O[C@H](c2ccc(-c3ccccc3CNC(=O)C(Cl)(Cl)Cl)cc2)O[C@H](c2ccc(CO)cc2)[C@@H]1C. The first-order valence-corrected chi connectivity index (χ1v) is 21.0. The van der Waals surface area contributed by atoms with E-state index in [1.54, 1.807) is 0 Å². The number of nitrogens with one attached hydrogen (secondary N) is 1. The van der Waals surface area contributed by atoms with Gasteiger partial charge in [0.25, 0.3) is 9.70 Å². The molecule has 1 amide bonds. The number of nitrogens with zero attached hydrogens (tertiary/aromatic N) is 1. The predicted molar refractivity (Wildman–Crippen MR) is 220 cm³/mol. The first kappa shape index (κ1) is 43.6. The molecule has 0 radical (unpaired) electrons. The summed E-state index contributed by atoms with van der Waals surface area (Å²) >= 11 is 17.3. The molecule has 1 fully saturated rings. The summed E-state index contributed by atoms with van der Waals surface area (Å²) in [6.45, 7) is 10.1. The van der Waals surface area contributed by atoms with Crippen LogP contribution in [0.25, 0.3) is 11.1 Å². The number of carbonyl (C=O) groups excluding carboxylic acids is 1. The maximum Gasteiger partial charge on any atom is 0.272 e. The zero-order chi connectivity index (χ0) is 38.1. The van der Waals surface area contributed by atoms with Gasteiger partial charge in [-0.2, -0.15) is 0 Å². The average molecular weight is 788 g/mol. The first-order chi connectivity index (χ1) is 25.6. The highest BCUT2D eigenvalue weighted by molar-refractivity contribution is 6.76. The Bertz CT molecular complexity index is 1470. The van der Waals surface area contributed by atoms with Crippen molar-refractivity contribution in [3.63, 3.8) is 0 Å². The van der Waals surface area contributed by atoms with Gasteiger partial charge < -0.3 is 24.8 Å². The number of aliphatic hydroxyl groups excluding tert-OH is 1. The van der Waals surface area contributed by atoms with E-state index in [-0.39, 0.29) is 31.3 Å². The summed E-state index contributed by atoms with van der Waals surface area (Å²) in [7, 11) is 0. The van der Waals surface area contributed by atoms with Crippen molar-refractivity contribution in [3.05, 3.63) is 95.1 Å². The number of rotatable bonds is 22. The molecular weight excluding hydrogens is 727 g/mol. The van der Waals surface area contributed by atoms with Crippen LogP contribution in [0.2, 0.25) is 0 Å². The summed E-state index contributed by atoms with van der Waals surface area (Å²) in [5.41, 5.74) is 5.80. The Morgan fingerprint density at radius 3 is 1.91 bits per heavy atom. The molecular formula is C44H61Cl3N2O4. The van der Waals surface area contributed by atoms with Crippen LogP contribution in [-0.2, 0) is 27.4 Å². The number of benzene rings is 3. The van der Waals surface area contributed by atoms with Crippen molar-refractivity contribution < 1.29 is 19.4 Å². The predicted octanol–water partition coefficient (Wildman–Crippen LogP) is 11.6. The second-order valence-corrected chi connectivity index (χ2v) is 16.9. The third-order valence-corrected chi connectivity index (χ3v) is 10.9. The molecule has 1 heterocycles. The topological polar surface area (TPSA) is 71.0 Å². The molecule has 2 N–H and O–H groups in total. The highest BCUT2D eigenvalue weighted by Gasteiger charge is 2.39. The van der Waals surface area contributed by atoms with Gasteiger partial charge in [-0.3, -0.25) is 4.79 Å². The Hall–Kier alpha value is -2.16. The summed E-state index contributed by atoms with van der Waals surface area (Å²) in [6.07, 6.45) is 14.7. The summed E-state index contributed by atoms with van der Waals surface area (Å²) < 4.78 is 11.7. The van der Waals surface area contributed by atoms with Crippen molar-refractivity contribution in [2.45, 2.75) is 133 Å². The van der Waals surface area contributed by atoms with Crippen LogP contribution < -0.4 is 5.32 Å². The fourth-order valence-corrected chi connectivity index (χ4v) is 7.36. The normalized spacial score (nSPS) is 19.1. The summed E-state index contributed by atoms with van der Waals surface area (Å²) in [4.78, 5) is 14.9. The van der Waals surface area contributed by atoms with Gasteiger partial charge in [0, 0.05) is 24.6 Å². The molecule has 4 atom stereocenters. The molecule has 1 aliphatic rings. The van der Waals surface area contributed by atoms with Gasteiger partial charge in [0.05, 0.1) is 18.8 Å². The third-order valence-electron chi connectivity index (χ3n) is 10.4. The van der Waals surface area contributed by atoms with E-state index in [1.807, 2.05) is 36.4 Å². The molecule has 0 aromatic heterocycles. The molecule has 1 aliphatic heterocycles. The largest absolute Gasteiger partial charge is 0.392 e. The highest BCUT2D eigenvalue weighted by atomic mass is 35.6.